The number of methoxy groups -OCH3 is 1. The van der Waals surface area contributed by atoms with Crippen LogP contribution in [0.15, 0.2) is 0 Å². The Hall–Kier alpha value is -0.120. The molecule has 0 amide bonds. The van der Waals surface area contributed by atoms with Crippen molar-refractivity contribution in [2.45, 2.75) is 33.2 Å². The van der Waals surface area contributed by atoms with Gasteiger partial charge in [0.25, 0.3) is 0 Å². The first kappa shape index (κ1) is 15.4. The number of ether oxygens (including phenoxy) is 1. The maximum atomic E-state index is 7.00. The van der Waals surface area contributed by atoms with E-state index in [4.69, 9.17) is 9.84 Å². The van der Waals surface area contributed by atoms with Crippen LogP contribution < -0.4 is 5.32 Å². The van der Waals surface area contributed by atoms with Gasteiger partial charge in [-0.15, -0.1) is 0 Å². The highest BCUT2D eigenvalue weighted by atomic mass is 16.5. The van der Waals surface area contributed by atoms with Crippen LogP contribution in [-0.2, 0) is 4.74 Å². The molecule has 0 aliphatic carbocycles. The number of aliphatic hydroxyl groups excluding tert-OH is 1. The third kappa shape index (κ3) is 8.22. The quantitative estimate of drug-likeness (QED) is 0.643. The zero-order valence-corrected chi connectivity index (χ0v) is 9.85. The summed E-state index contributed by atoms with van der Waals surface area (Å²) in [6, 6.07) is 0. The highest BCUT2D eigenvalue weighted by Crippen LogP contribution is 2.14. The first-order chi connectivity index (χ1) is 6.00. The SMILES string of the molecule is CO.COCCNC(C)(C)C(C)C. The van der Waals surface area contributed by atoms with Gasteiger partial charge >= 0.3 is 0 Å². The highest BCUT2D eigenvalue weighted by molar-refractivity contribution is 4.80. The number of hydrogen-bond donors (Lipinski definition) is 2. The fourth-order valence-corrected chi connectivity index (χ4v) is 0.679. The molecule has 3 nitrogen and oxygen atoms in total. The van der Waals surface area contributed by atoms with Crippen LogP contribution in [0, 0.1) is 5.92 Å². The van der Waals surface area contributed by atoms with E-state index in [0.717, 1.165) is 20.3 Å². The van der Waals surface area contributed by atoms with Crippen LogP contribution in [-0.4, -0.2) is 38.0 Å². The summed E-state index contributed by atoms with van der Waals surface area (Å²) in [6.45, 7) is 10.6. The Morgan fingerprint density at radius 2 is 1.77 bits per heavy atom. The fraction of sp³-hybridized carbons (Fsp3) is 1.00. The molecule has 0 saturated carbocycles. The molecule has 0 heterocycles. The van der Waals surface area contributed by atoms with E-state index in [1.807, 2.05) is 0 Å². The van der Waals surface area contributed by atoms with Crippen LogP contribution in [0.25, 0.3) is 0 Å². The van der Waals surface area contributed by atoms with Gasteiger partial charge in [0.1, 0.15) is 0 Å². The standard InChI is InChI=1S/C9H21NO.CH4O/c1-8(2)9(3,4)10-6-7-11-5;1-2/h8,10H,6-7H2,1-5H3;2H,1H3. The minimum Gasteiger partial charge on any atom is -0.400 e. The second-order valence-electron chi connectivity index (χ2n) is 3.80. The van der Waals surface area contributed by atoms with Crippen molar-refractivity contribution in [1.82, 2.24) is 5.32 Å². The number of hydrogen-bond acceptors (Lipinski definition) is 3. The van der Waals surface area contributed by atoms with Crippen LogP contribution in [0.2, 0.25) is 0 Å². The number of nitrogens with one attached hydrogen (secondary N) is 1. The molecule has 3 heteroatoms. The average molecular weight is 191 g/mol. The molecule has 0 rings (SSSR count). The lowest BCUT2D eigenvalue weighted by atomic mass is 9.91. The maximum absolute atomic E-state index is 7.00. The molecule has 13 heavy (non-hydrogen) atoms. The van der Waals surface area contributed by atoms with Crippen molar-refractivity contribution in [3.63, 3.8) is 0 Å². The van der Waals surface area contributed by atoms with Crippen molar-refractivity contribution >= 4 is 0 Å². The molecule has 2 N–H and O–H groups in total. The molecule has 0 fully saturated rings. The van der Waals surface area contributed by atoms with Crippen molar-refractivity contribution in [3.05, 3.63) is 0 Å². The fourth-order valence-electron chi connectivity index (χ4n) is 0.679. The molecule has 0 aliphatic rings. The lowest BCUT2D eigenvalue weighted by Gasteiger charge is -2.30. The van der Waals surface area contributed by atoms with Crippen LogP contribution in [0.3, 0.4) is 0 Å². The lowest BCUT2D eigenvalue weighted by Crippen LogP contribution is -2.45. The summed E-state index contributed by atoms with van der Waals surface area (Å²) in [5.74, 6) is 0.652. The van der Waals surface area contributed by atoms with Gasteiger partial charge < -0.3 is 15.2 Å². The summed E-state index contributed by atoms with van der Waals surface area (Å²) in [7, 11) is 2.73. The molecule has 0 radical (unpaired) electrons. The van der Waals surface area contributed by atoms with E-state index < -0.39 is 0 Å². The first-order valence-electron chi connectivity index (χ1n) is 4.69. The van der Waals surface area contributed by atoms with Crippen molar-refractivity contribution in [2.75, 3.05) is 27.4 Å². The molecule has 82 valence electrons. The zero-order valence-electron chi connectivity index (χ0n) is 9.85. The lowest BCUT2D eigenvalue weighted by molar-refractivity contribution is 0.179. The van der Waals surface area contributed by atoms with Crippen LogP contribution in [0.1, 0.15) is 27.7 Å². The van der Waals surface area contributed by atoms with E-state index in [9.17, 15) is 0 Å². The molecular formula is C10H25NO2. The van der Waals surface area contributed by atoms with Gasteiger partial charge in [0.15, 0.2) is 0 Å². The number of rotatable bonds is 5. The summed E-state index contributed by atoms with van der Waals surface area (Å²) < 4.78 is 4.95. The van der Waals surface area contributed by atoms with Gasteiger partial charge in [-0.25, -0.2) is 0 Å². The Labute approximate surface area is 82.5 Å². The van der Waals surface area contributed by atoms with Crippen LogP contribution in [0.4, 0.5) is 0 Å². The van der Waals surface area contributed by atoms with Crippen LogP contribution in [0.5, 0.6) is 0 Å². The second kappa shape index (κ2) is 8.48. The normalized spacial score (nSPS) is 11.1. The first-order valence-corrected chi connectivity index (χ1v) is 4.69. The summed E-state index contributed by atoms with van der Waals surface area (Å²) in [6.07, 6.45) is 0. The maximum Gasteiger partial charge on any atom is 0.0587 e. The summed E-state index contributed by atoms with van der Waals surface area (Å²) >= 11 is 0. The molecule has 0 aliphatic heterocycles. The summed E-state index contributed by atoms with van der Waals surface area (Å²) in [4.78, 5) is 0. The van der Waals surface area contributed by atoms with Crippen molar-refractivity contribution in [1.29, 1.82) is 0 Å². The van der Waals surface area contributed by atoms with Gasteiger partial charge in [-0.1, -0.05) is 13.8 Å². The topological polar surface area (TPSA) is 41.5 Å². The molecule has 0 aromatic carbocycles. The van der Waals surface area contributed by atoms with Gasteiger partial charge in [-0.3, -0.25) is 0 Å². The third-order valence-electron chi connectivity index (χ3n) is 2.33. The van der Waals surface area contributed by atoms with E-state index >= 15 is 0 Å². The van der Waals surface area contributed by atoms with E-state index in [1.54, 1.807) is 7.11 Å². The van der Waals surface area contributed by atoms with E-state index in [0.29, 0.717) is 5.92 Å². The minimum absolute atomic E-state index is 0.221. The predicted molar refractivity (Wildman–Crippen MR) is 56.9 cm³/mol. The molecule has 0 aromatic rings. The Bertz CT molecular complexity index is 103. The monoisotopic (exact) mass is 191 g/mol. The summed E-state index contributed by atoms with van der Waals surface area (Å²) in [5.41, 5.74) is 0.221. The zero-order chi connectivity index (χ0) is 10.9. The highest BCUT2D eigenvalue weighted by Gasteiger charge is 2.20. The summed E-state index contributed by atoms with van der Waals surface area (Å²) in [5, 5.41) is 10.4. The average Bonchev–Trinajstić information content (AvgIpc) is 2.08. The predicted octanol–water partition coefficient (Wildman–Crippen LogP) is 1.27. The van der Waals surface area contributed by atoms with Gasteiger partial charge in [0, 0.05) is 26.3 Å². The van der Waals surface area contributed by atoms with Gasteiger partial charge in [-0.2, -0.15) is 0 Å². The Morgan fingerprint density at radius 1 is 1.31 bits per heavy atom. The van der Waals surface area contributed by atoms with E-state index in [-0.39, 0.29) is 5.54 Å². The van der Waals surface area contributed by atoms with Gasteiger partial charge in [0.2, 0.25) is 0 Å². The molecular weight excluding hydrogens is 166 g/mol. The second-order valence-corrected chi connectivity index (χ2v) is 3.80. The molecule has 0 atom stereocenters. The van der Waals surface area contributed by atoms with Gasteiger partial charge in [-0.05, 0) is 19.8 Å². The molecule has 0 saturated heterocycles. The molecule has 0 bridgehead atoms. The minimum atomic E-state index is 0.221. The largest absolute Gasteiger partial charge is 0.400 e. The van der Waals surface area contributed by atoms with Crippen molar-refractivity contribution in [2.24, 2.45) is 5.92 Å². The smallest absolute Gasteiger partial charge is 0.0587 e. The Balaban J connectivity index is 0. The molecule has 0 unspecified atom stereocenters. The molecule has 0 aromatic heterocycles. The van der Waals surface area contributed by atoms with E-state index in [2.05, 4.69) is 33.0 Å². The Kier molecular flexibility index (Phi) is 10.0. The van der Waals surface area contributed by atoms with Crippen LogP contribution >= 0.6 is 0 Å². The third-order valence-corrected chi connectivity index (χ3v) is 2.33. The van der Waals surface area contributed by atoms with E-state index in [1.165, 1.54) is 0 Å². The number of aliphatic hydroxyl groups is 1. The van der Waals surface area contributed by atoms with Crippen molar-refractivity contribution in [3.8, 4) is 0 Å². The Morgan fingerprint density at radius 3 is 2.08 bits per heavy atom. The molecule has 0 spiro atoms. The van der Waals surface area contributed by atoms with Crippen molar-refractivity contribution < 1.29 is 9.84 Å². The van der Waals surface area contributed by atoms with Gasteiger partial charge in [0.05, 0.1) is 6.61 Å².